The van der Waals surface area contributed by atoms with E-state index in [1.54, 1.807) is 32.3 Å². The summed E-state index contributed by atoms with van der Waals surface area (Å²) in [5.41, 5.74) is 8.07. The van der Waals surface area contributed by atoms with E-state index >= 15 is 0 Å². The fraction of sp³-hybridized carbons (Fsp3) is 0.188. The highest BCUT2D eigenvalue weighted by Crippen LogP contribution is 2.33. The molecule has 0 atom stereocenters. The molecule has 2 N–H and O–H groups in total. The van der Waals surface area contributed by atoms with E-state index in [1.807, 2.05) is 25.1 Å². The molecule has 0 aliphatic heterocycles. The molecule has 0 aliphatic rings. The molecule has 0 radical (unpaired) electrons. The van der Waals surface area contributed by atoms with Gasteiger partial charge < -0.3 is 15.4 Å². The number of hydrogen-bond donors (Lipinski definition) is 1. The lowest BCUT2D eigenvalue weighted by atomic mass is 10.1. The van der Waals surface area contributed by atoms with Gasteiger partial charge in [-0.05, 0) is 58.7 Å². The molecule has 0 spiro atoms. The average Bonchev–Trinajstić information content (AvgIpc) is 2.42. The Bertz CT molecular complexity index is 684. The van der Waals surface area contributed by atoms with Crippen molar-refractivity contribution in [3.63, 3.8) is 0 Å². The number of benzene rings is 2. The van der Waals surface area contributed by atoms with Gasteiger partial charge in [-0.3, -0.25) is 4.79 Å². The van der Waals surface area contributed by atoms with Crippen molar-refractivity contribution < 1.29 is 9.53 Å². The first kappa shape index (κ1) is 15.4. The van der Waals surface area contributed by atoms with E-state index in [9.17, 15) is 4.79 Å². The second kappa shape index (κ2) is 6.18. The van der Waals surface area contributed by atoms with E-state index < -0.39 is 0 Å². The highest BCUT2D eigenvalue weighted by Gasteiger charge is 2.12. The lowest BCUT2D eigenvalue weighted by Gasteiger charge is -2.13. The molecule has 1 amide bonds. The zero-order chi connectivity index (χ0) is 15.6. The number of nitrogens with two attached hydrogens (primary N) is 1. The number of amides is 1. The van der Waals surface area contributed by atoms with Gasteiger partial charge in [0.05, 0.1) is 10.2 Å². The van der Waals surface area contributed by atoms with Gasteiger partial charge >= 0.3 is 0 Å². The van der Waals surface area contributed by atoms with Crippen molar-refractivity contribution in [2.75, 3.05) is 19.8 Å². The maximum atomic E-state index is 11.9. The molecule has 5 heteroatoms. The first-order valence-corrected chi connectivity index (χ1v) is 7.23. The standard InChI is InChI=1S/C16H17BrN2O2/c1-10-4-6-14(12(17)8-10)21-15-7-5-11(9-13(15)18)16(20)19(2)3/h4-9H,18H2,1-3H3. The molecular weight excluding hydrogens is 332 g/mol. The van der Waals surface area contributed by atoms with E-state index in [-0.39, 0.29) is 5.91 Å². The summed E-state index contributed by atoms with van der Waals surface area (Å²) in [5.74, 6) is 1.11. The zero-order valence-corrected chi connectivity index (χ0v) is 13.8. The minimum Gasteiger partial charge on any atom is -0.454 e. The number of carbonyl (C=O) groups is 1. The van der Waals surface area contributed by atoms with Gasteiger partial charge in [0.25, 0.3) is 5.91 Å². The number of aryl methyl sites for hydroxylation is 1. The molecule has 0 aromatic heterocycles. The molecule has 0 bridgehead atoms. The lowest BCUT2D eigenvalue weighted by Crippen LogP contribution is -2.21. The van der Waals surface area contributed by atoms with Gasteiger partial charge in [-0.15, -0.1) is 0 Å². The summed E-state index contributed by atoms with van der Waals surface area (Å²) in [4.78, 5) is 13.4. The molecule has 0 saturated heterocycles. The van der Waals surface area contributed by atoms with Crippen molar-refractivity contribution in [3.05, 3.63) is 52.0 Å². The van der Waals surface area contributed by atoms with Gasteiger partial charge in [-0.1, -0.05) is 6.07 Å². The second-order valence-corrected chi connectivity index (χ2v) is 5.84. The third-order valence-corrected chi connectivity index (χ3v) is 3.59. The van der Waals surface area contributed by atoms with Crippen LogP contribution >= 0.6 is 15.9 Å². The Morgan fingerprint density at radius 3 is 2.38 bits per heavy atom. The van der Waals surface area contributed by atoms with Crippen LogP contribution in [0.2, 0.25) is 0 Å². The summed E-state index contributed by atoms with van der Waals surface area (Å²) < 4.78 is 6.65. The molecule has 4 nitrogen and oxygen atoms in total. The summed E-state index contributed by atoms with van der Waals surface area (Å²) in [5, 5.41) is 0. The Morgan fingerprint density at radius 2 is 1.81 bits per heavy atom. The van der Waals surface area contributed by atoms with Gasteiger partial charge in [0.1, 0.15) is 11.5 Å². The van der Waals surface area contributed by atoms with E-state index in [4.69, 9.17) is 10.5 Å². The lowest BCUT2D eigenvalue weighted by molar-refractivity contribution is 0.0827. The number of nitrogens with zero attached hydrogens (tertiary/aromatic N) is 1. The smallest absolute Gasteiger partial charge is 0.253 e. The van der Waals surface area contributed by atoms with Crippen LogP contribution in [-0.4, -0.2) is 24.9 Å². The van der Waals surface area contributed by atoms with E-state index in [1.165, 1.54) is 4.90 Å². The third-order valence-electron chi connectivity index (χ3n) is 2.97. The van der Waals surface area contributed by atoms with Gasteiger partial charge in [-0.2, -0.15) is 0 Å². The molecule has 2 aromatic carbocycles. The number of carbonyl (C=O) groups excluding carboxylic acids is 1. The van der Waals surface area contributed by atoms with Crippen LogP contribution < -0.4 is 10.5 Å². The minimum atomic E-state index is -0.0928. The quantitative estimate of drug-likeness (QED) is 0.857. The molecule has 0 aliphatic carbocycles. The van der Waals surface area contributed by atoms with Crippen molar-refractivity contribution in [1.82, 2.24) is 4.90 Å². The number of halogens is 1. The summed E-state index contributed by atoms with van der Waals surface area (Å²) >= 11 is 3.46. The Morgan fingerprint density at radius 1 is 1.14 bits per heavy atom. The molecule has 2 aromatic rings. The number of anilines is 1. The fourth-order valence-electron chi connectivity index (χ4n) is 1.84. The molecule has 21 heavy (non-hydrogen) atoms. The third kappa shape index (κ3) is 3.55. The number of hydrogen-bond acceptors (Lipinski definition) is 3. The second-order valence-electron chi connectivity index (χ2n) is 4.99. The van der Waals surface area contributed by atoms with Gasteiger partial charge in [0.15, 0.2) is 0 Å². The van der Waals surface area contributed by atoms with E-state index in [0.717, 1.165) is 10.0 Å². The van der Waals surface area contributed by atoms with Crippen LogP contribution in [0.1, 0.15) is 15.9 Å². The number of nitrogen functional groups attached to an aromatic ring is 1. The van der Waals surface area contributed by atoms with Crippen LogP contribution in [-0.2, 0) is 0 Å². The Labute approximate surface area is 132 Å². The minimum absolute atomic E-state index is 0.0928. The molecule has 2 rings (SSSR count). The highest BCUT2D eigenvalue weighted by atomic mass is 79.9. The van der Waals surface area contributed by atoms with E-state index in [2.05, 4.69) is 15.9 Å². The Balaban J connectivity index is 2.27. The highest BCUT2D eigenvalue weighted by molar-refractivity contribution is 9.10. The molecule has 110 valence electrons. The Kier molecular flexibility index (Phi) is 4.53. The normalized spacial score (nSPS) is 10.3. The predicted molar refractivity (Wildman–Crippen MR) is 87.8 cm³/mol. The van der Waals surface area contributed by atoms with Crippen molar-refractivity contribution in [2.24, 2.45) is 0 Å². The molecule has 0 saturated carbocycles. The molecule has 0 unspecified atom stereocenters. The van der Waals surface area contributed by atoms with Crippen LogP contribution in [0.25, 0.3) is 0 Å². The first-order chi connectivity index (χ1) is 9.88. The van der Waals surface area contributed by atoms with Gasteiger partial charge in [0, 0.05) is 19.7 Å². The molecule has 0 fully saturated rings. The summed E-state index contributed by atoms with van der Waals surface area (Å²) in [6, 6.07) is 10.8. The van der Waals surface area contributed by atoms with Crippen LogP contribution in [0.3, 0.4) is 0 Å². The fourth-order valence-corrected chi connectivity index (χ4v) is 2.41. The van der Waals surface area contributed by atoms with Crippen molar-refractivity contribution in [2.45, 2.75) is 6.92 Å². The first-order valence-electron chi connectivity index (χ1n) is 6.43. The zero-order valence-electron chi connectivity index (χ0n) is 12.2. The SMILES string of the molecule is Cc1ccc(Oc2ccc(C(=O)N(C)C)cc2N)c(Br)c1. The Hall–Kier alpha value is -2.01. The average molecular weight is 349 g/mol. The van der Waals surface area contributed by atoms with Crippen molar-refractivity contribution in [1.29, 1.82) is 0 Å². The maximum Gasteiger partial charge on any atom is 0.253 e. The van der Waals surface area contributed by atoms with Gasteiger partial charge in [-0.25, -0.2) is 0 Å². The summed E-state index contributed by atoms with van der Waals surface area (Å²) in [6.45, 7) is 2.00. The largest absolute Gasteiger partial charge is 0.454 e. The van der Waals surface area contributed by atoms with E-state index in [0.29, 0.717) is 22.7 Å². The number of ether oxygens (including phenoxy) is 1. The predicted octanol–water partition coefficient (Wildman–Crippen LogP) is 3.83. The van der Waals surface area contributed by atoms with Crippen LogP contribution in [0.4, 0.5) is 5.69 Å². The summed E-state index contributed by atoms with van der Waals surface area (Å²) in [6.07, 6.45) is 0. The maximum absolute atomic E-state index is 11.9. The number of rotatable bonds is 3. The van der Waals surface area contributed by atoms with Crippen molar-refractivity contribution >= 4 is 27.5 Å². The summed E-state index contributed by atoms with van der Waals surface area (Å²) in [7, 11) is 3.40. The van der Waals surface area contributed by atoms with Gasteiger partial charge in [0.2, 0.25) is 0 Å². The topological polar surface area (TPSA) is 55.6 Å². The van der Waals surface area contributed by atoms with Crippen molar-refractivity contribution in [3.8, 4) is 11.5 Å². The monoisotopic (exact) mass is 348 g/mol. The van der Waals surface area contributed by atoms with Crippen LogP contribution in [0, 0.1) is 6.92 Å². The molecule has 0 heterocycles. The molecular formula is C16H17BrN2O2. The van der Waals surface area contributed by atoms with Crippen LogP contribution in [0.15, 0.2) is 40.9 Å². The van der Waals surface area contributed by atoms with Crippen LogP contribution in [0.5, 0.6) is 11.5 Å².